The van der Waals surface area contributed by atoms with Gasteiger partial charge in [0.05, 0.1) is 6.54 Å². The fourth-order valence-corrected chi connectivity index (χ4v) is 3.18. The standard InChI is InChI=1S/C18H23N5O/c1-22(11-15-4-2-7-19-10-15)13-18(24)23-9-3-5-16(12-23)17-6-8-20-14-21-17/h2,4,6-8,10,14,16H,3,5,9,11-13H2,1H3/t16-/m0/s1. The second-order valence-electron chi connectivity index (χ2n) is 6.35. The fourth-order valence-electron chi connectivity index (χ4n) is 3.18. The van der Waals surface area contributed by atoms with E-state index in [0.717, 1.165) is 43.7 Å². The van der Waals surface area contributed by atoms with Crippen LogP contribution in [0.3, 0.4) is 0 Å². The molecule has 2 aromatic rings. The Hall–Kier alpha value is -2.34. The summed E-state index contributed by atoms with van der Waals surface area (Å²) in [6.07, 6.45) is 9.05. The highest BCUT2D eigenvalue weighted by atomic mass is 16.2. The van der Waals surface area contributed by atoms with E-state index in [9.17, 15) is 4.79 Å². The van der Waals surface area contributed by atoms with Gasteiger partial charge in [0.2, 0.25) is 5.91 Å². The van der Waals surface area contributed by atoms with Crippen molar-refractivity contribution in [2.24, 2.45) is 0 Å². The van der Waals surface area contributed by atoms with Crippen molar-refractivity contribution in [2.75, 3.05) is 26.7 Å². The molecule has 6 nitrogen and oxygen atoms in total. The number of likely N-dealkylation sites (tertiary alicyclic amines) is 1. The molecule has 2 aromatic heterocycles. The molecule has 0 unspecified atom stereocenters. The molecule has 0 radical (unpaired) electrons. The normalized spacial score (nSPS) is 17.9. The van der Waals surface area contributed by atoms with Crippen LogP contribution in [0, 0.1) is 0 Å². The van der Waals surface area contributed by atoms with Crippen LogP contribution in [-0.2, 0) is 11.3 Å². The summed E-state index contributed by atoms with van der Waals surface area (Å²) in [7, 11) is 1.97. The molecule has 3 heterocycles. The van der Waals surface area contributed by atoms with Gasteiger partial charge >= 0.3 is 0 Å². The van der Waals surface area contributed by atoms with Crippen LogP contribution in [0.25, 0.3) is 0 Å². The molecular weight excluding hydrogens is 302 g/mol. The van der Waals surface area contributed by atoms with Crippen LogP contribution >= 0.6 is 0 Å². The van der Waals surface area contributed by atoms with Crippen LogP contribution in [0.1, 0.15) is 30.0 Å². The maximum absolute atomic E-state index is 12.6. The number of hydrogen-bond acceptors (Lipinski definition) is 5. The lowest BCUT2D eigenvalue weighted by Crippen LogP contribution is -2.43. The van der Waals surface area contributed by atoms with Crippen LogP contribution in [-0.4, -0.2) is 57.3 Å². The molecule has 1 saturated heterocycles. The lowest BCUT2D eigenvalue weighted by atomic mass is 9.94. The number of rotatable bonds is 5. The molecule has 126 valence electrons. The first-order chi connectivity index (χ1) is 11.7. The highest BCUT2D eigenvalue weighted by Crippen LogP contribution is 2.25. The molecule has 0 spiro atoms. The van der Waals surface area contributed by atoms with E-state index in [1.807, 2.05) is 41.2 Å². The summed E-state index contributed by atoms with van der Waals surface area (Å²) < 4.78 is 0. The van der Waals surface area contributed by atoms with Gasteiger partial charge in [-0.15, -0.1) is 0 Å². The monoisotopic (exact) mass is 325 g/mol. The Balaban J connectivity index is 1.54. The molecule has 0 aliphatic carbocycles. The number of amides is 1. The maximum atomic E-state index is 12.6. The van der Waals surface area contributed by atoms with Gasteiger partial charge in [-0.3, -0.25) is 14.7 Å². The van der Waals surface area contributed by atoms with Crippen molar-refractivity contribution >= 4 is 5.91 Å². The number of carbonyl (C=O) groups is 1. The molecule has 0 aromatic carbocycles. The zero-order valence-electron chi connectivity index (χ0n) is 14.0. The van der Waals surface area contributed by atoms with Gasteiger partial charge in [0.25, 0.3) is 0 Å². The molecule has 0 N–H and O–H groups in total. The molecule has 1 aliphatic heterocycles. The SMILES string of the molecule is CN(CC(=O)N1CCC[C@H](c2ccncn2)C1)Cc1cccnc1. The summed E-state index contributed by atoms with van der Waals surface area (Å²) in [5.74, 6) is 0.495. The molecular formula is C18H23N5O. The third kappa shape index (κ3) is 4.35. The van der Waals surface area contributed by atoms with Crippen molar-refractivity contribution < 1.29 is 4.79 Å². The van der Waals surface area contributed by atoms with E-state index >= 15 is 0 Å². The van der Waals surface area contributed by atoms with E-state index in [2.05, 4.69) is 15.0 Å². The van der Waals surface area contributed by atoms with E-state index in [4.69, 9.17) is 0 Å². The van der Waals surface area contributed by atoms with Crippen LogP contribution in [0.2, 0.25) is 0 Å². The van der Waals surface area contributed by atoms with Crippen molar-refractivity contribution in [1.29, 1.82) is 0 Å². The predicted octanol–water partition coefficient (Wildman–Crippen LogP) is 1.71. The quantitative estimate of drug-likeness (QED) is 0.837. The molecule has 0 bridgehead atoms. The van der Waals surface area contributed by atoms with Crippen LogP contribution < -0.4 is 0 Å². The zero-order chi connectivity index (χ0) is 16.8. The Morgan fingerprint density at radius 2 is 2.25 bits per heavy atom. The Labute approximate surface area is 142 Å². The number of hydrogen-bond donors (Lipinski definition) is 0. The van der Waals surface area contributed by atoms with Gasteiger partial charge in [-0.05, 0) is 37.6 Å². The van der Waals surface area contributed by atoms with Crippen molar-refractivity contribution in [3.8, 4) is 0 Å². The highest BCUT2D eigenvalue weighted by molar-refractivity contribution is 5.78. The highest BCUT2D eigenvalue weighted by Gasteiger charge is 2.25. The number of aromatic nitrogens is 3. The summed E-state index contributed by atoms with van der Waals surface area (Å²) in [4.78, 5) is 29.0. The number of piperidine rings is 1. The van der Waals surface area contributed by atoms with Gasteiger partial charge in [0.15, 0.2) is 0 Å². The van der Waals surface area contributed by atoms with E-state index in [1.54, 1.807) is 18.7 Å². The van der Waals surface area contributed by atoms with E-state index < -0.39 is 0 Å². The topological polar surface area (TPSA) is 62.2 Å². The maximum Gasteiger partial charge on any atom is 0.236 e. The average molecular weight is 325 g/mol. The number of carbonyl (C=O) groups excluding carboxylic acids is 1. The first kappa shape index (κ1) is 16.5. The zero-order valence-corrected chi connectivity index (χ0v) is 14.0. The summed E-state index contributed by atoms with van der Waals surface area (Å²) in [5, 5.41) is 0. The summed E-state index contributed by atoms with van der Waals surface area (Å²) in [6, 6.07) is 5.90. The minimum absolute atomic E-state index is 0.181. The lowest BCUT2D eigenvalue weighted by Gasteiger charge is -2.33. The Morgan fingerprint density at radius 3 is 3.00 bits per heavy atom. The molecule has 1 fully saturated rings. The Morgan fingerprint density at radius 1 is 1.33 bits per heavy atom. The van der Waals surface area contributed by atoms with Gasteiger partial charge in [-0.1, -0.05) is 6.07 Å². The first-order valence-electron chi connectivity index (χ1n) is 8.33. The van der Waals surface area contributed by atoms with Gasteiger partial charge < -0.3 is 4.90 Å². The molecule has 3 rings (SSSR count). The molecule has 24 heavy (non-hydrogen) atoms. The third-order valence-electron chi connectivity index (χ3n) is 4.38. The Bertz CT molecular complexity index is 649. The minimum Gasteiger partial charge on any atom is -0.341 e. The van der Waals surface area contributed by atoms with Gasteiger partial charge in [-0.25, -0.2) is 9.97 Å². The molecule has 0 saturated carbocycles. The molecule has 1 atom stereocenters. The van der Waals surface area contributed by atoms with Crippen molar-refractivity contribution in [3.63, 3.8) is 0 Å². The van der Waals surface area contributed by atoms with E-state index in [-0.39, 0.29) is 5.91 Å². The average Bonchev–Trinajstić information content (AvgIpc) is 2.63. The summed E-state index contributed by atoms with van der Waals surface area (Å²) >= 11 is 0. The predicted molar refractivity (Wildman–Crippen MR) is 91.2 cm³/mol. The first-order valence-corrected chi connectivity index (χ1v) is 8.33. The van der Waals surface area contributed by atoms with E-state index in [1.165, 1.54) is 0 Å². The number of nitrogens with zero attached hydrogens (tertiary/aromatic N) is 5. The lowest BCUT2D eigenvalue weighted by molar-refractivity contribution is -0.133. The minimum atomic E-state index is 0.181. The van der Waals surface area contributed by atoms with Gasteiger partial charge in [0.1, 0.15) is 6.33 Å². The van der Waals surface area contributed by atoms with Crippen molar-refractivity contribution in [1.82, 2.24) is 24.8 Å². The second kappa shape index (κ2) is 7.97. The molecule has 1 aliphatic rings. The third-order valence-corrected chi connectivity index (χ3v) is 4.38. The largest absolute Gasteiger partial charge is 0.341 e. The summed E-state index contributed by atoms with van der Waals surface area (Å²) in [5.41, 5.74) is 2.15. The summed E-state index contributed by atoms with van der Waals surface area (Å²) in [6.45, 7) is 2.73. The van der Waals surface area contributed by atoms with Gasteiger partial charge in [0, 0.05) is 49.8 Å². The van der Waals surface area contributed by atoms with Crippen LogP contribution in [0.4, 0.5) is 0 Å². The second-order valence-corrected chi connectivity index (χ2v) is 6.35. The van der Waals surface area contributed by atoms with Crippen LogP contribution in [0.15, 0.2) is 43.1 Å². The Kier molecular flexibility index (Phi) is 5.48. The number of pyridine rings is 1. The van der Waals surface area contributed by atoms with Crippen LogP contribution in [0.5, 0.6) is 0 Å². The van der Waals surface area contributed by atoms with Crippen molar-refractivity contribution in [2.45, 2.75) is 25.3 Å². The fraction of sp³-hybridized carbons (Fsp3) is 0.444. The van der Waals surface area contributed by atoms with Crippen molar-refractivity contribution in [3.05, 3.63) is 54.4 Å². The molecule has 6 heteroatoms. The number of likely N-dealkylation sites (N-methyl/N-ethyl adjacent to an activating group) is 1. The smallest absolute Gasteiger partial charge is 0.236 e. The van der Waals surface area contributed by atoms with Gasteiger partial charge in [-0.2, -0.15) is 0 Å². The molecule has 1 amide bonds. The van der Waals surface area contributed by atoms with E-state index in [0.29, 0.717) is 12.5 Å².